The van der Waals surface area contributed by atoms with Crippen LogP contribution in [-0.4, -0.2) is 5.91 Å². The smallest absolute Gasteiger partial charge is 0.224 e. The number of benzene rings is 2. The highest BCUT2D eigenvalue weighted by Gasteiger charge is 2.40. The summed E-state index contributed by atoms with van der Waals surface area (Å²) < 4.78 is 0. The van der Waals surface area contributed by atoms with Gasteiger partial charge in [0.15, 0.2) is 0 Å². The normalized spacial score (nSPS) is 25.5. The predicted octanol–water partition coefficient (Wildman–Crippen LogP) is 5.12. The summed E-state index contributed by atoms with van der Waals surface area (Å²) >= 11 is 0. The number of nitrogens with one attached hydrogen (secondary N) is 1. The third kappa shape index (κ3) is 3.17. The number of hydrogen-bond acceptors (Lipinski definition) is 1. The fourth-order valence-corrected chi connectivity index (χ4v) is 4.45. The molecule has 4 rings (SSSR count). The van der Waals surface area contributed by atoms with Crippen molar-refractivity contribution in [3.05, 3.63) is 54.6 Å². The second-order valence-electron chi connectivity index (χ2n) is 7.13. The quantitative estimate of drug-likeness (QED) is 0.834. The highest BCUT2D eigenvalue weighted by molar-refractivity contribution is 5.91. The maximum atomic E-state index is 12.3. The van der Waals surface area contributed by atoms with Gasteiger partial charge in [-0.05, 0) is 60.3 Å². The van der Waals surface area contributed by atoms with Crippen molar-refractivity contribution in [2.75, 3.05) is 5.32 Å². The van der Waals surface area contributed by atoms with Crippen molar-refractivity contribution in [2.45, 2.75) is 32.1 Å². The third-order valence-corrected chi connectivity index (χ3v) is 5.61. The zero-order valence-electron chi connectivity index (χ0n) is 13.4. The summed E-state index contributed by atoms with van der Waals surface area (Å²) in [7, 11) is 0. The van der Waals surface area contributed by atoms with Crippen LogP contribution in [0.4, 0.5) is 5.69 Å². The molecule has 0 radical (unpaired) electrons. The van der Waals surface area contributed by atoms with Gasteiger partial charge in [-0.1, -0.05) is 48.9 Å². The lowest BCUT2D eigenvalue weighted by Crippen LogP contribution is -2.20. The first-order chi connectivity index (χ1) is 11.3. The molecule has 2 bridgehead atoms. The van der Waals surface area contributed by atoms with Crippen LogP contribution in [0, 0.1) is 17.8 Å². The van der Waals surface area contributed by atoms with Gasteiger partial charge in [-0.3, -0.25) is 4.79 Å². The lowest BCUT2D eigenvalue weighted by Gasteiger charge is -2.20. The molecule has 1 N–H and O–H groups in total. The van der Waals surface area contributed by atoms with Gasteiger partial charge in [-0.25, -0.2) is 0 Å². The second kappa shape index (κ2) is 6.19. The van der Waals surface area contributed by atoms with Gasteiger partial charge in [0, 0.05) is 12.1 Å². The van der Waals surface area contributed by atoms with Crippen LogP contribution in [0.15, 0.2) is 54.6 Å². The lowest BCUT2D eigenvalue weighted by molar-refractivity contribution is -0.117. The van der Waals surface area contributed by atoms with Crippen LogP contribution in [0.1, 0.15) is 32.1 Å². The van der Waals surface area contributed by atoms with Crippen molar-refractivity contribution < 1.29 is 4.79 Å². The van der Waals surface area contributed by atoms with Gasteiger partial charge in [0.05, 0.1) is 0 Å². The van der Waals surface area contributed by atoms with Gasteiger partial charge in [-0.15, -0.1) is 0 Å². The SMILES string of the molecule is O=C(C[C@@H]1C[C@H]2CC[C@@H]1C2)Nc1ccc(-c2ccccc2)cc1. The summed E-state index contributed by atoms with van der Waals surface area (Å²) in [6.07, 6.45) is 6.06. The summed E-state index contributed by atoms with van der Waals surface area (Å²) in [5.41, 5.74) is 3.28. The molecule has 23 heavy (non-hydrogen) atoms. The summed E-state index contributed by atoms with van der Waals surface area (Å²) in [6, 6.07) is 18.5. The lowest BCUT2D eigenvalue weighted by atomic mass is 9.86. The van der Waals surface area contributed by atoms with Gasteiger partial charge < -0.3 is 5.32 Å². The Balaban J connectivity index is 1.36. The van der Waals surface area contributed by atoms with E-state index < -0.39 is 0 Å². The topological polar surface area (TPSA) is 29.1 Å². The van der Waals surface area contributed by atoms with E-state index in [1.54, 1.807) is 0 Å². The molecule has 2 aliphatic rings. The number of rotatable bonds is 4. The Morgan fingerprint density at radius 3 is 2.30 bits per heavy atom. The van der Waals surface area contributed by atoms with E-state index in [1.165, 1.54) is 36.8 Å². The van der Waals surface area contributed by atoms with Gasteiger partial charge in [0.2, 0.25) is 5.91 Å². The molecule has 2 fully saturated rings. The van der Waals surface area contributed by atoms with Gasteiger partial charge in [0.25, 0.3) is 0 Å². The van der Waals surface area contributed by atoms with Crippen LogP contribution in [0.2, 0.25) is 0 Å². The van der Waals surface area contributed by atoms with Gasteiger partial charge >= 0.3 is 0 Å². The monoisotopic (exact) mass is 305 g/mol. The molecule has 0 aromatic heterocycles. The summed E-state index contributed by atoms with van der Waals surface area (Å²) in [4.78, 5) is 12.3. The average Bonchev–Trinajstić information content (AvgIpc) is 3.19. The van der Waals surface area contributed by atoms with Crippen LogP contribution in [0.3, 0.4) is 0 Å². The van der Waals surface area contributed by atoms with E-state index in [0.29, 0.717) is 12.3 Å². The Bertz CT molecular complexity index is 677. The van der Waals surface area contributed by atoms with Crippen molar-refractivity contribution >= 4 is 11.6 Å². The fourth-order valence-electron chi connectivity index (χ4n) is 4.45. The minimum absolute atomic E-state index is 0.176. The largest absolute Gasteiger partial charge is 0.326 e. The van der Waals surface area contributed by atoms with Crippen LogP contribution in [0.25, 0.3) is 11.1 Å². The number of anilines is 1. The molecule has 0 heterocycles. The van der Waals surface area contributed by atoms with Gasteiger partial charge in [0.1, 0.15) is 0 Å². The number of fused-ring (bicyclic) bond motifs is 2. The first-order valence-electron chi connectivity index (χ1n) is 8.73. The highest BCUT2D eigenvalue weighted by Crippen LogP contribution is 2.49. The van der Waals surface area contributed by atoms with Crippen molar-refractivity contribution in [1.29, 1.82) is 0 Å². The molecule has 2 aromatic rings. The minimum atomic E-state index is 0.176. The Labute approximate surface area is 137 Å². The molecule has 2 nitrogen and oxygen atoms in total. The van der Waals surface area contributed by atoms with E-state index in [4.69, 9.17) is 0 Å². The van der Waals surface area contributed by atoms with Crippen LogP contribution < -0.4 is 5.32 Å². The van der Waals surface area contributed by atoms with Crippen LogP contribution in [-0.2, 0) is 4.79 Å². The molecule has 0 unspecified atom stereocenters. The Morgan fingerprint density at radius 1 is 0.913 bits per heavy atom. The van der Waals surface area contributed by atoms with E-state index in [1.807, 2.05) is 30.3 Å². The molecule has 2 aliphatic carbocycles. The molecule has 0 aliphatic heterocycles. The van der Waals surface area contributed by atoms with Crippen LogP contribution >= 0.6 is 0 Å². The number of carbonyl (C=O) groups is 1. The predicted molar refractivity (Wildman–Crippen MR) is 94.1 cm³/mol. The molecular weight excluding hydrogens is 282 g/mol. The second-order valence-corrected chi connectivity index (χ2v) is 7.13. The van der Waals surface area contributed by atoms with Crippen molar-refractivity contribution in [3.63, 3.8) is 0 Å². The maximum absolute atomic E-state index is 12.3. The average molecular weight is 305 g/mol. The Morgan fingerprint density at radius 2 is 1.65 bits per heavy atom. The van der Waals surface area contributed by atoms with E-state index in [9.17, 15) is 4.79 Å². The molecule has 2 aromatic carbocycles. The number of hydrogen-bond donors (Lipinski definition) is 1. The Hall–Kier alpha value is -2.09. The first kappa shape index (κ1) is 14.5. The zero-order valence-corrected chi connectivity index (χ0v) is 13.4. The summed E-state index contributed by atoms with van der Waals surface area (Å²) in [5, 5.41) is 3.07. The van der Waals surface area contributed by atoms with Gasteiger partial charge in [-0.2, -0.15) is 0 Å². The van der Waals surface area contributed by atoms with Crippen LogP contribution in [0.5, 0.6) is 0 Å². The van der Waals surface area contributed by atoms with E-state index in [0.717, 1.165) is 17.5 Å². The summed E-state index contributed by atoms with van der Waals surface area (Å²) in [6.45, 7) is 0. The molecule has 2 saturated carbocycles. The fraction of sp³-hybridized carbons (Fsp3) is 0.381. The zero-order chi connectivity index (χ0) is 15.6. The molecular formula is C21H23NO. The number of amides is 1. The Kier molecular flexibility index (Phi) is 3.90. The molecule has 2 heteroatoms. The highest BCUT2D eigenvalue weighted by atomic mass is 16.1. The standard InChI is InChI=1S/C21H23NO/c23-21(14-19-13-15-6-7-18(19)12-15)22-20-10-8-17(9-11-20)16-4-2-1-3-5-16/h1-5,8-11,15,18-19H,6-7,12-14H2,(H,22,23)/t15-,18+,19-/m0/s1. The molecule has 1 amide bonds. The minimum Gasteiger partial charge on any atom is -0.326 e. The summed E-state index contributed by atoms with van der Waals surface area (Å²) in [5.74, 6) is 2.52. The molecule has 0 spiro atoms. The van der Waals surface area contributed by atoms with Crippen molar-refractivity contribution in [1.82, 2.24) is 0 Å². The van der Waals surface area contributed by atoms with Crippen molar-refractivity contribution in [3.8, 4) is 11.1 Å². The van der Waals surface area contributed by atoms with Crippen molar-refractivity contribution in [2.24, 2.45) is 17.8 Å². The van der Waals surface area contributed by atoms with E-state index >= 15 is 0 Å². The first-order valence-corrected chi connectivity index (χ1v) is 8.73. The molecule has 0 saturated heterocycles. The third-order valence-electron chi connectivity index (χ3n) is 5.61. The van der Waals surface area contributed by atoms with E-state index in [2.05, 4.69) is 29.6 Å². The van der Waals surface area contributed by atoms with E-state index in [-0.39, 0.29) is 5.91 Å². The maximum Gasteiger partial charge on any atom is 0.224 e. The number of carbonyl (C=O) groups excluding carboxylic acids is 1. The molecule has 3 atom stereocenters. The molecule has 118 valence electrons.